The van der Waals surface area contributed by atoms with Gasteiger partial charge in [0.05, 0.1) is 0 Å². The molecule has 94 valence electrons. The molecule has 0 aliphatic carbocycles. The first-order chi connectivity index (χ1) is 9.19. The van der Waals surface area contributed by atoms with E-state index in [0.717, 1.165) is 11.3 Å². The van der Waals surface area contributed by atoms with Gasteiger partial charge >= 0.3 is 125 Å². The zero-order valence-corrected chi connectivity index (χ0v) is 12.8. The third kappa shape index (κ3) is 3.99. The molecule has 0 aliphatic rings. The molecular weight excluding hydrogens is 323 g/mol. The summed E-state index contributed by atoms with van der Waals surface area (Å²) in [6.45, 7) is 2.04. The number of hydrogen-bond acceptors (Lipinski definition) is 1. The van der Waals surface area contributed by atoms with Gasteiger partial charge in [-0.1, -0.05) is 0 Å². The van der Waals surface area contributed by atoms with Crippen LogP contribution >= 0.6 is 11.6 Å². The number of amidine groups is 1. The fraction of sp³-hybridized carbons (Fsp3) is 0.0667. The molecule has 0 amide bonds. The summed E-state index contributed by atoms with van der Waals surface area (Å²) in [5.41, 5.74) is 2.95. The minimum atomic E-state index is 0.612. The van der Waals surface area contributed by atoms with Gasteiger partial charge in [-0.05, 0) is 0 Å². The Kier molecular flexibility index (Phi) is 4.84. The van der Waals surface area contributed by atoms with Gasteiger partial charge < -0.3 is 0 Å². The van der Waals surface area contributed by atoms with E-state index in [1.54, 1.807) is 12.1 Å². The Balaban J connectivity index is 2.42. The van der Waals surface area contributed by atoms with Gasteiger partial charge in [-0.15, -0.1) is 0 Å². The van der Waals surface area contributed by atoms with Gasteiger partial charge in [0.2, 0.25) is 0 Å². The number of nitrogens with zero attached hydrogens (tertiary/aromatic N) is 2. The van der Waals surface area contributed by atoms with Crippen molar-refractivity contribution in [3.05, 3.63) is 64.7 Å². The Morgan fingerprint density at radius 1 is 1.05 bits per heavy atom. The van der Waals surface area contributed by atoms with E-state index < -0.39 is 0 Å². The Morgan fingerprint density at radius 2 is 1.68 bits per heavy atom. The summed E-state index contributed by atoms with van der Waals surface area (Å²) < 4.78 is 2.66. The Hall–Kier alpha value is -1.50. The Bertz CT molecular complexity index is 639. The summed E-state index contributed by atoms with van der Waals surface area (Å²) in [5.74, 6) is 0.612. The molecule has 0 radical (unpaired) electrons. The van der Waals surface area contributed by atoms with Crippen molar-refractivity contribution in [2.75, 3.05) is 0 Å². The first kappa shape index (κ1) is 13.9. The van der Waals surface area contributed by atoms with E-state index in [1.807, 2.05) is 43.3 Å². The molecule has 2 rings (SSSR count). The van der Waals surface area contributed by atoms with Gasteiger partial charge in [-0.2, -0.15) is 0 Å². The Morgan fingerprint density at radius 3 is 2.26 bits per heavy atom. The molecule has 0 atom stereocenters. The third-order valence-corrected chi connectivity index (χ3v) is 2.97. The van der Waals surface area contributed by atoms with Crippen LogP contribution in [0.3, 0.4) is 0 Å². The predicted molar refractivity (Wildman–Crippen MR) is 82.0 cm³/mol. The van der Waals surface area contributed by atoms with Gasteiger partial charge in [0.1, 0.15) is 0 Å². The van der Waals surface area contributed by atoms with Crippen LogP contribution in [0.4, 0.5) is 5.69 Å². The molecule has 2 nitrogen and oxygen atoms in total. The molecule has 2 aromatic rings. The molecule has 0 aromatic heterocycles. The van der Waals surface area contributed by atoms with E-state index in [4.69, 9.17) is 11.6 Å². The van der Waals surface area contributed by atoms with Gasteiger partial charge in [0.25, 0.3) is 0 Å². The molecule has 0 unspecified atom stereocenters. The number of aryl methyl sites for hydroxylation is 1. The van der Waals surface area contributed by atoms with Crippen molar-refractivity contribution in [2.45, 2.75) is 6.92 Å². The SMILES string of the molecule is Cc1ccc(C(N=C=[Se])=Nc2ccc(Cl)cc2)cc1. The molecule has 0 fully saturated rings. The zero-order chi connectivity index (χ0) is 13.7. The minimum absolute atomic E-state index is 0.612. The predicted octanol–water partition coefficient (Wildman–Crippen LogP) is 3.80. The van der Waals surface area contributed by atoms with Crippen molar-refractivity contribution in [1.82, 2.24) is 0 Å². The van der Waals surface area contributed by atoms with E-state index in [0.29, 0.717) is 10.9 Å². The van der Waals surface area contributed by atoms with Crippen LogP contribution in [0, 0.1) is 6.92 Å². The van der Waals surface area contributed by atoms with E-state index >= 15 is 0 Å². The van der Waals surface area contributed by atoms with E-state index in [1.165, 1.54) is 5.56 Å². The molecule has 0 saturated heterocycles. The Labute approximate surface area is 125 Å². The van der Waals surface area contributed by atoms with E-state index in [2.05, 4.69) is 30.3 Å². The molecule has 4 heteroatoms. The van der Waals surface area contributed by atoms with E-state index in [-0.39, 0.29) is 0 Å². The van der Waals surface area contributed by atoms with Gasteiger partial charge in [0, 0.05) is 0 Å². The number of benzene rings is 2. The van der Waals surface area contributed by atoms with Gasteiger partial charge in [0.15, 0.2) is 0 Å². The van der Waals surface area contributed by atoms with E-state index in [9.17, 15) is 0 Å². The van der Waals surface area contributed by atoms with Crippen LogP contribution in [-0.2, 0) is 0 Å². The average Bonchev–Trinajstić information content (AvgIpc) is 2.42. The third-order valence-electron chi connectivity index (χ3n) is 2.52. The summed E-state index contributed by atoms with van der Waals surface area (Å²) >= 11 is 8.49. The molecular formula is C15H11ClN2Se. The fourth-order valence-corrected chi connectivity index (χ4v) is 1.85. The molecule has 0 bridgehead atoms. The monoisotopic (exact) mass is 334 g/mol. The van der Waals surface area contributed by atoms with Crippen LogP contribution in [0.2, 0.25) is 5.02 Å². The first-order valence-electron chi connectivity index (χ1n) is 5.68. The topological polar surface area (TPSA) is 24.7 Å². The van der Waals surface area contributed by atoms with Gasteiger partial charge in [-0.3, -0.25) is 0 Å². The summed E-state index contributed by atoms with van der Waals surface area (Å²) in [6.07, 6.45) is 0. The standard InChI is InChI=1S/C15H11ClN2Se/c1-11-2-4-12(5-3-11)15(17-10-19)18-14-8-6-13(16)7-9-14/h2-9H,1H3. The number of rotatable bonds is 2. The molecule has 0 saturated carbocycles. The summed E-state index contributed by atoms with van der Waals surface area (Å²) in [7, 11) is 0. The quantitative estimate of drug-likeness (QED) is 0.454. The maximum absolute atomic E-state index is 5.85. The zero-order valence-electron chi connectivity index (χ0n) is 10.3. The van der Waals surface area contributed by atoms with Crippen molar-refractivity contribution in [3.8, 4) is 0 Å². The molecule has 2 aromatic carbocycles. The van der Waals surface area contributed by atoms with Crippen LogP contribution in [-0.4, -0.2) is 26.1 Å². The molecule has 0 heterocycles. The second-order valence-electron chi connectivity index (χ2n) is 3.98. The molecule has 0 spiro atoms. The van der Waals surface area contributed by atoms with Crippen LogP contribution in [0.1, 0.15) is 11.1 Å². The normalized spacial score (nSPS) is 10.9. The van der Waals surface area contributed by atoms with Crippen molar-refractivity contribution < 1.29 is 0 Å². The number of halogens is 1. The summed E-state index contributed by atoms with van der Waals surface area (Å²) in [4.78, 5) is 8.65. The summed E-state index contributed by atoms with van der Waals surface area (Å²) in [6, 6.07) is 15.4. The van der Waals surface area contributed by atoms with Crippen molar-refractivity contribution in [2.24, 2.45) is 9.98 Å². The second-order valence-corrected chi connectivity index (χ2v) is 4.80. The van der Waals surface area contributed by atoms with Crippen molar-refractivity contribution in [3.63, 3.8) is 0 Å². The summed E-state index contributed by atoms with van der Waals surface area (Å²) in [5, 5.41) is 0.690. The van der Waals surface area contributed by atoms with Crippen LogP contribution < -0.4 is 0 Å². The van der Waals surface area contributed by atoms with Crippen LogP contribution in [0.5, 0.6) is 0 Å². The molecule has 0 aliphatic heterocycles. The number of aliphatic imine (C=N–C) groups is 2. The first-order valence-corrected chi connectivity index (χ1v) is 6.91. The van der Waals surface area contributed by atoms with Crippen molar-refractivity contribution in [1.29, 1.82) is 0 Å². The average molecular weight is 334 g/mol. The van der Waals surface area contributed by atoms with Crippen LogP contribution in [0.25, 0.3) is 0 Å². The molecule has 19 heavy (non-hydrogen) atoms. The molecule has 0 N–H and O–H groups in total. The van der Waals surface area contributed by atoms with Crippen molar-refractivity contribution >= 4 is 43.4 Å². The second kappa shape index (κ2) is 6.60. The fourth-order valence-electron chi connectivity index (χ4n) is 1.54. The van der Waals surface area contributed by atoms with Crippen LogP contribution in [0.15, 0.2) is 58.5 Å². The van der Waals surface area contributed by atoms with Gasteiger partial charge in [-0.25, -0.2) is 0 Å². The number of hydrogen-bond donors (Lipinski definition) is 0. The maximum atomic E-state index is 5.85.